The number of carbonyl (C=O) groups excluding carboxylic acids is 2. The van der Waals surface area contributed by atoms with Crippen molar-refractivity contribution in [2.24, 2.45) is 0 Å². The van der Waals surface area contributed by atoms with Crippen LogP contribution in [0.2, 0.25) is 0 Å². The zero-order valence-electron chi connectivity index (χ0n) is 12.6. The Morgan fingerprint density at radius 2 is 2.13 bits per heavy atom. The van der Waals surface area contributed by atoms with Gasteiger partial charge < -0.3 is 9.47 Å². The molecule has 1 N–H and O–H groups in total. The van der Waals surface area contributed by atoms with E-state index in [2.05, 4.69) is 15.0 Å². The topological polar surface area (TPSA) is 77.5 Å². The number of anilines is 1. The van der Waals surface area contributed by atoms with Gasteiger partial charge in [0.1, 0.15) is 6.10 Å². The molecule has 1 amide bonds. The highest BCUT2D eigenvalue weighted by molar-refractivity contribution is 7.14. The molecule has 2 aromatic rings. The molecule has 0 saturated carbocycles. The predicted octanol–water partition coefficient (Wildman–Crippen LogP) is 2.71. The molecule has 0 spiro atoms. The van der Waals surface area contributed by atoms with Crippen LogP contribution in [0.3, 0.4) is 0 Å². The Balaban J connectivity index is 1.68. The van der Waals surface area contributed by atoms with Crippen molar-refractivity contribution in [3.05, 3.63) is 35.2 Å². The third-order valence-electron chi connectivity index (χ3n) is 3.56. The van der Waals surface area contributed by atoms with E-state index in [1.807, 2.05) is 5.38 Å². The fourth-order valence-corrected chi connectivity index (χ4v) is 3.05. The van der Waals surface area contributed by atoms with Gasteiger partial charge in [0, 0.05) is 17.6 Å². The fourth-order valence-electron chi connectivity index (χ4n) is 2.33. The highest BCUT2D eigenvalue weighted by Crippen LogP contribution is 2.26. The SMILES string of the molecule is COC(=O)c1ccc(-c2csc(NC(=O)[C@@H]3CCCO3)n2)cc1. The van der Waals surface area contributed by atoms with Crippen molar-refractivity contribution in [3.63, 3.8) is 0 Å². The van der Waals surface area contributed by atoms with E-state index in [9.17, 15) is 9.59 Å². The zero-order chi connectivity index (χ0) is 16.2. The number of ether oxygens (including phenoxy) is 2. The largest absolute Gasteiger partial charge is 0.465 e. The van der Waals surface area contributed by atoms with Crippen LogP contribution >= 0.6 is 11.3 Å². The zero-order valence-corrected chi connectivity index (χ0v) is 13.4. The highest BCUT2D eigenvalue weighted by Gasteiger charge is 2.24. The summed E-state index contributed by atoms with van der Waals surface area (Å²) in [4.78, 5) is 27.8. The maximum Gasteiger partial charge on any atom is 0.337 e. The van der Waals surface area contributed by atoms with E-state index >= 15 is 0 Å². The van der Waals surface area contributed by atoms with Crippen molar-refractivity contribution in [1.29, 1.82) is 0 Å². The Kier molecular flexibility index (Phi) is 4.68. The molecule has 0 radical (unpaired) electrons. The second kappa shape index (κ2) is 6.89. The molecule has 7 heteroatoms. The molecular weight excluding hydrogens is 316 g/mol. The Labute approximate surface area is 137 Å². The number of hydrogen-bond donors (Lipinski definition) is 1. The number of hydrogen-bond acceptors (Lipinski definition) is 6. The first kappa shape index (κ1) is 15.6. The molecule has 6 nitrogen and oxygen atoms in total. The highest BCUT2D eigenvalue weighted by atomic mass is 32.1. The Morgan fingerprint density at radius 3 is 2.78 bits per heavy atom. The summed E-state index contributed by atoms with van der Waals surface area (Å²) in [6, 6.07) is 6.97. The number of amides is 1. The fraction of sp³-hybridized carbons (Fsp3) is 0.312. The van der Waals surface area contributed by atoms with Crippen molar-refractivity contribution in [3.8, 4) is 11.3 Å². The lowest BCUT2D eigenvalue weighted by Crippen LogP contribution is -2.26. The summed E-state index contributed by atoms with van der Waals surface area (Å²) in [6.45, 7) is 0.633. The van der Waals surface area contributed by atoms with Crippen LogP contribution in [0.5, 0.6) is 0 Å². The number of nitrogens with one attached hydrogen (secondary N) is 1. The van der Waals surface area contributed by atoms with E-state index in [0.717, 1.165) is 24.1 Å². The van der Waals surface area contributed by atoms with Crippen LogP contribution in [0, 0.1) is 0 Å². The second-order valence-electron chi connectivity index (χ2n) is 5.10. The van der Waals surface area contributed by atoms with Gasteiger partial charge in [-0.25, -0.2) is 9.78 Å². The van der Waals surface area contributed by atoms with E-state index < -0.39 is 0 Å². The molecule has 1 fully saturated rings. The summed E-state index contributed by atoms with van der Waals surface area (Å²) in [6.07, 6.45) is 1.29. The molecular formula is C16H16N2O4S. The summed E-state index contributed by atoms with van der Waals surface area (Å²) in [5.74, 6) is -0.524. The maximum absolute atomic E-state index is 12.0. The number of esters is 1. The molecule has 1 aromatic carbocycles. The summed E-state index contributed by atoms with van der Waals surface area (Å²) in [7, 11) is 1.35. The van der Waals surface area contributed by atoms with E-state index in [-0.39, 0.29) is 18.0 Å². The van der Waals surface area contributed by atoms with E-state index in [0.29, 0.717) is 17.3 Å². The Morgan fingerprint density at radius 1 is 1.35 bits per heavy atom. The predicted molar refractivity (Wildman–Crippen MR) is 86.5 cm³/mol. The number of rotatable bonds is 4. The molecule has 1 aromatic heterocycles. The van der Waals surface area contributed by atoms with E-state index in [1.165, 1.54) is 18.4 Å². The smallest absolute Gasteiger partial charge is 0.337 e. The average Bonchev–Trinajstić information content (AvgIpc) is 3.26. The van der Waals surface area contributed by atoms with Gasteiger partial charge in [-0.1, -0.05) is 12.1 Å². The van der Waals surface area contributed by atoms with Crippen LogP contribution in [0.1, 0.15) is 23.2 Å². The van der Waals surface area contributed by atoms with E-state index in [1.54, 1.807) is 24.3 Å². The summed E-state index contributed by atoms with van der Waals surface area (Å²) in [5, 5.41) is 5.18. The standard InChI is InChI=1S/C16H16N2O4S/c1-21-15(20)11-6-4-10(5-7-11)12-9-23-16(17-12)18-14(19)13-3-2-8-22-13/h4-7,9,13H,2-3,8H2,1H3,(H,17,18,19)/t13-/m0/s1. The second-order valence-corrected chi connectivity index (χ2v) is 5.96. The molecule has 1 saturated heterocycles. The normalized spacial score (nSPS) is 17.0. The van der Waals surface area contributed by atoms with Crippen molar-refractivity contribution < 1.29 is 19.1 Å². The Hall–Kier alpha value is -2.25. The van der Waals surface area contributed by atoms with Gasteiger partial charge in [0.25, 0.3) is 5.91 Å². The molecule has 120 valence electrons. The van der Waals surface area contributed by atoms with Crippen LogP contribution < -0.4 is 5.32 Å². The minimum Gasteiger partial charge on any atom is -0.465 e. The molecule has 3 rings (SSSR count). The van der Waals surface area contributed by atoms with Crippen molar-refractivity contribution >= 4 is 28.3 Å². The molecule has 1 aliphatic rings. The van der Waals surface area contributed by atoms with Gasteiger partial charge in [-0.3, -0.25) is 10.1 Å². The van der Waals surface area contributed by atoms with Crippen molar-refractivity contribution in [2.75, 3.05) is 19.0 Å². The molecule has 2 heterocycles. The minimum absolute atomic E-state index is 0.149. The van der Waals surface area contributed by atoms with E-state index in [4.69, 9.17) is 4.74 Å². The van der Waals surface area contributed by atoms with Crippen molar-refractivity contribution in [2.45, 2.75) is 18.9 Å². The molecule has 1 atom stereocenters. The molecule has 0 aliphatic carbocycles. The lowest BCUT2D eigenvalue weighted by Gasteiger charge is -2.07. The first-order valence-electron chi connectivity index (χ1n) is 7.24. The van der Waals surface area contributed by atoms with Gasteiger partial charge in [0.15, 0.2) is 5.13 Å². The molecule has 0 bridgehead atoms. The monoisotopic (exact) mass is 332 g/mol. The number of carbonyl (C=O) groups is 2. The first-order valence-corrected chi connectivity index (χ1v) is 8.12. The van der Waals surface area contributed by atoms with Crippen LogP contribution in [0.4, 0.5) is 5.13 Å². The van der Waals surface area contributed by atoms with Gasteiger partial charge in [-0.05, 0) is 25.0 Å². The summed E-state index contributed by atoms with van der Waals surface area (Å²) < 4.78 is 10.0. The van der Waals surface area contributed by atoms with Gasteiger partial charge in [-0.15, -0.1) is 11.3 Å². The maximum atomic E-state index is 12.0. The first-order chi connectivity index (χ1) is 11.2. The Bertz CT molecular complexity index is 705. The minimum atomic E-state index is -0.376. The van der Waals surface area contributed by atoms with Gasteiger partial charge in [-0.2, -0.15) is 0 Å². The number of benzene rings is 1. The van der Waals surface area contributed by atoms with Crippen LogP contribution in [0.25, 0.3) is 11.3 Å². The third-order valence-corrected chi connectivity index (χ3v) is 4.32. The number of thiazole rings is 1. The van der Waals surface area contributed by atoms with Gasteiger partial charge in [0.2, 0.25) is 0 Å². The van der Waals surface area contributed by atoms with Crippen LogP contribution in [0.15, 0.2) is 29.6 Å². The lowest BCUT2D eigenvalue weighted by atomic mass is 10.1. The molecule has 1 aliphatic heterocycles. The number of nitrogens with zero attached hydrogens (tertiary/aromatic N) is 1. The lowest BCUT2D eigenvalue weighted by molar-refractivity contribution is -0.124. The van der Waals surface area contributed by atoms with Crippen LogP contribution in [-0.2, 0) is 14.3 Å². The van der Waals surface area contributed by atoms with Crippen LogP contribution in [-0.4, -0.2) is 36.7 Å². The molecule has 0 unspecified atom stereocenters. The summed E-state index contributed by atoms with van der Waals surface area (Å²) >= 11 is 1.36. The van der Waals surface area contributed by atoms with Gasteiger partial charge >= 0.3 is 5.97 Å². The number of aromatic nitrogens is 1. The quantitative estimate of drug-likeness (QED) is 0.871. The van der Waals surface area contributed by atoms with Crippen molar-refractivity contribution in [1.82, 2.24) is 4.98 Å². The third kappa shape index (κ3) is 3.57. The summed E-state index contributed by atoms with van der Waals surface area (Å²) in [5.41, 5.74) is 2.10. The van der Waals surface area contributed by atoms with Gasteiger partial charge in [0.05, 0.1) is 18.4 Å². The average molecular weight is 332 g/mol. The number of methoxy groups -OCH3 is 1. The molecule has 23 heavy (non-hydrogen) atoms.